The molecule has 0 atom stereocenters. The lowest BCUT2D eigenvalue weighted by atomic mass is 9.98. The molecule has 0 bridgehead atoms. The number of carbonyl (C=O) groups is 1. The van der Waals surface area contributed by atoms with E-state index in [0.29, 0.717) is 10.2 Å². The predicted molar refractivity (Wildman–Crippen MR) is 111 cm³/mol. The molecule has 0 spiro atoms. The predicted octanol–water partition coefficient (Wildman–Crippen LogP) is 6.04. The molecule has 0 fully saturated rings. The van der Waals surface area contributed by atoms with Gasteiger partial charge >= 0.3 is 0 Å². The number of halogens is 1. The standard InChI is InChI=1S/C21H19ClN2OS/c1-13-10-14(2)20(15(3)11-13)18-12-26-21(23-18)24-19(25)9-6-16-4-7-17(22)8-5-16/h4-12H,1-3H3,(H,23,24,25)/b9-6+. The average molecular weight is 383 g/mol. The van der Waals surface area contributed by atoms with Crippen LogP contribution in [-0.4, -0.2) is 10.9 Å². The second kappa shape index (κ2) is 7.85. The Balaban J connectivity index is 1.72. The molecule has 1 N–H and O–H groups in total. The van der Waals surface area contributed by atoms with Gasteiger partial charge in [0.25, 0.3) is 0 Å². The number of anilines is 1. The summed E-state index contributed by atoms with van der Waals surface area (Å²) in [5, 5.41) is 6.05. The molecule has 3 nitrogen and oxygen atoms in total. The summed E-state index contributed by atoms with van der Waals surface area (Å²) in [5.74, 6) is -0.210. The van der Waals surface area contributed by atoms with Crippen molar-refractivity contribution in [1.29, 1.82) is 0 Å². The number of hydrogen-bond acceptors (Lipinski definition) is 3. The lowest BCUT2D eigenvalue weighted by molar-refractivity contribution is -0.111. The van der Waals surface area contributed by atoms with Crippen molar-refractivity contribution in [1.82, 2.24) is 4.98 Å². The Hall–Kier alpha value is -2.43. The van der Waals surface area contributed by atoms with E-state index in [-0.39, 0.29) is 5.91 Å². The third kappa shape index (κ3) is 4.40. The smallest absolute Gasteiger partial charge is 0.250 e. The van der Waals surface area contributed by atoms with Gasteiger partial charge in [0.15, 0.2) is 5.13 Å². The van der Waals surface area contributed by atoms with Crippen LogP contribution in [0, 0.1) is 20.8 Å². The molecule has 0 radical (unpaired) electrons. The SMILES string of the molecule is Cc1cc(C)c(-c2csc(NC(=O)/C=C/c3ccc(Cl)cc3)n2)c(C)c1. The number of amides is 1. The maximum atomic E-state index is 12.1. The van der Waals surface area contributed by atoms with Crippen LogP contribution in [0.15, 0.2) is 47.9 Å². The number of nitrogens with zero attached hydrogens (tertiary/aromatic N) is 1. The highest BCUT2D eigenvalue weighted by atomic mass is 35.5. The van der Waals surface area contributed by atoms with Gasteiger partial charge in [-0.05, 0) is 55.7 Å². The third-order valence-electron chi connectivity index (χ3n) is 3.96. The van der Waals surface area contributed by atoms with E-state index in [4.69, 9.17) is 11.6 Å². The van der Waals surface area contributed by atoms with Gasteiger partial charge in [-0.15, -0.1) is 11.3 Å². The Morgan fingerprint density at radius 2 is 1.77 bits per heavy atom. The number of carbonyl (C=O) groups excluding carboxylic acids is 1. The van der Waals surface area contributed by atoms with Gasteiger partial charge in [-0.2, -0.15) is 0 Å². The van der Waals surface area contributed by atoms with Gasteiger partial charge in [0.05, 0.1) is 5.69 Å². The zero-order valence-electron chi connectivity index (χ0n) is 14.8. The first kappa shape index (κ1) is 18.4. The van der Waals surface area contributed by atoms with E-state index in [1.165, 1.54) is 34.1 Å². The molecule has 3 aromatic rings. The number of thiazole rings is 1. The van der Waals surface area contributed by atoms with Crippen molar-refractivity contribution < 1.29 is 4.79 Å². The fraction of sp³-hybridized carbons (Fsp3) is 0.143. The summed E-state index contributed by atoms with van der Waals surface area (Å²) in [6.07, 6.45) is 3.24. The van der Waals surface area contributed by atoms with E-state index >= 15 is 0 Å². The van der Waals surface area contributed by atoms with Gasteiger partial charge in [-0.25, -0.2) is 4.98 Å². The maximum Gasteiger partial charge on any atom is 0.250 e. The van der Waals surface area contributed by atoms with E-state index in [0.717, 1.165) is 16.8 Å². The molecule has 3 rings (SSSR count). The first-order valence-corrected chi connectivity index (χ1v) is 9.46. The Bertz CT molecular complexity index is 951. The number of aryl methyl sites for hydroxylation is 3. The Morgan fingerprint density at radius 3 is 2.42 bits per heavy atom. The lowest BCUT2D eigenvalue weighted by Crippen LogP contribution is -2.07. The number of benzene rings is 2. The average Bonchev–Trinajstić information content (AvgIpc) is 3.01. The second-order valence-corrected chi connectivity index (χ2v) is 7.48. The molecule has 132 valence electrons. The van der Waals surface area contributed by atoms with Crippen LogP contribution < -0.4 is 5.32 Å². The Kier molecular flexibility index (Phi) is 5.55. The number of nitrogens with one attached hydrogen (secondary N) is 1. The molecule has 26 heavy (non-hydrogen) atoms. The molecule has 0 aliphatic heterocycles. The molecular formula is C21H19ClN2OS. The molecule has 1 amide bonds. The number of hydrogen-bond donors (Lipinski definition) is 1. The van der Waals surface area contributed by atoms with Gasteiger partial charge in [-0.1, -0.05) is 41.4 Å². The van der Waals surface area contributed by atoms with Crippen LogP contribution in [-0.2, 0) is 4.79 Å². The minimum absolute atomic E-state index is 0.210. The number of rotatable bonds is 4. The van der Waals surface area contributed by atoms with Gasteiger partial charge in [-0.3, -0.25) is 10.1 Å². The quantitative estimate of drug-likeness (QED) is 0.559. The summed E-state index contributed by atoms with van der Waals surface area (Å²) < 4.78 is 0. The van der Waals surface area contributed by atoms with Crippen molar-refractivity contribution in [2.75, 3.05) is 5.32 Å². The third-order valence-corrected chi connectivity index (χ3v) is 4.97. The molecular weight excluding hydrogens is 364 g/mol. The lowest BCUT2D eigenvalue weighted by Gasteiger charge is -2.08. The summed E-state index contributed by atoms with van der Waals surface area (Å²) in [5.41, 5.74) is 6.54. The van der Waals surface area contributed by atoms with Crippen molar-refractivity contribution in [3.63, 3.8) is 0 Å². The Labute approximate surface area is 162 Å². The van der Waals surface area contributed by atoms with E-state index in [9.17, 15) is 4.79 Å². The molecule has 0 aliphatic carbocycles. The molecule has 1 heterocycles. The number of aromatic nitrogens is 1. The van der Waals surface area contributed by atoms with Crippen LogP contribution in [0.5, 0.6) is 0 Å². The largest absolute Gasteiger partial charge is 0.298 e. The zero-order chi connectivity index (χ0) is 18.7. The van der Waals surface area contributed by atoms with Crippen LogP contribution in [0.1, 0.15) is 22.3 Å². The zero-order valence-corrected chi connectivity index (χ0v) is 16.4. The second-order valence-electron chi connectivity index (χ2n) is 6.19. The van der Waals surface area contributed by atoms with Gasteiger partial charge < -0.3 is 0 Å². The van der Waals surface area contributed by atoms with E-state index < -0.39 is 0 Å². The van der Waals surface area contributed by atoms with Crippen molar-refractivity contribution >= 4 is 40.1 Å². The topological polar surface area (TPSA) is 42.0 Å². The van der Waals surface area contributed by atoms with Crippen LogP contribution in [0.2, 0.25) is 5.02 Å². The highest BCUT2D eigenvalue weighted by Crippen LogP contribution is 2.31. The van der Waals surface area contributed by atoms with Crippen molar-refractivity contribution in [3.05, 3.63) is 75.1 Å². The maximum absolute atomic E-state index is 12.1. The van der Waals surface area contributed by atoms with Crippen LogP contribution in [0.4, 0.5) is 5.13 Å². The highest BCUT2D eigenvalue weighted by molar-refractivity contribution is 7.14. The van der Waals surface area contributed by atoms with Crippen molar-refractivity contribution in [2.45, 2.75) is 20.8 Å². The molecule has 0 saturated heterocycles. The van der Waals surface area contributed by atoms with Crippen molar-refractivity contribution in [2.24, 2.45) is 0 Å². The van der Waals surface area contributed by atoms with Crippen LogP contribution in [0.3, 0.4) is 0 Å². The summed E-state index contributed by atoms with van der Waals surface area (Å²) in [6, 6.07) is 11.6. The van der Waals surface area contributed by atoms with Crippen LogP contribution in [0.25, 0.3) is 17.3 Å². The molecule has 0 aliphatic rings. The Morgan fingerprint density at radius 1 is 1.12 bits per heavy atom. The first-order valence-electron chi connectivity index (χ1n) is 8.21. The normalized spacial score (nSPS) is 11.1. The van der Waals surface area contributed by atoms with Gasteiger partial charge in [0.2, 0.25) is 5.91 Å². The fourth-order valence-corrected chi connectivity index (χ4v) is 3.75. The first-order chi connectivity index (χ1) is 12.4. The minimum atomic E-state index is -0.210. The summed E-state index contributed by atoms with van der Waals surface area (Å²) in [7, 11) is 0. The monoisotopic (exact) mass is 382 g/mol. The summed E-state index contributed by atoms with van der Waals surface area (Å²) in [6.45, 7) is 6.26. The van der Waals surface area contributed by atoms with Crippen LogP contribution >= 0.6 is 22.9 Å². The van der Waals surface area contributed by atoms with E-state index in [1.54, 1.807) is 18.2 Å². The molecule has 5 heteroatoms. The molecule has 1 aromatic heterocycles. The van der Waals surface area contributed by atoms with E-state index in [2.05, 4.69) is 43.2 Å². The fourth-order valence-electron chi connectivity index (χ4n) is 2.92. The molecule has 2 aromatic carbocycles. The molecule has 0 unspecified atom stereocenters. The summed E-state index contributed by atoms with van der Waals surface area (Å²) in [4.78, 5) is 16.7. The van der Waals surface area contributed by atoms with E-state index in [1.807, 2.05) is 17.5 Å². The summed E-state index contributed by atoms with van der Waals surface area (Å²) >= 11 is 7.28. The minimum Gasteiger partial charge on any atom is -0.298 e. The van der Waals surface area contributed by atoms with Crippen molar-refractivity contribution in [3.8, 4) is 11.3 Å². The molecule has 0 saturated carbocycles. The van der Waals surface area contributed by atoms with Gasteiger partial charge in [0.1, 0.15) is 0 Å². The van der Waals surface area contributed by atoms with Gasteiger partial charge in [0, 0.05) is 22.0 Å². The highest BCUT2D eigenvalue weighted by Gasteiger charge is 2.11.